The number of esters is 1. The maximum absolute atomic E-state index is 13.1. The van der Waals surface area contributed by atoms with E-state index in [0.717, 1.165) is 37.7 Å². The SMILES string of the molecule is CCCCCCCCC(CCCc1ccccc1)OC(=O)c1ccc(-c2ccc(SCCCCC)cc2)cc1. The van der Waals surface area contributed by atoms with Gasteiger partial charge in [0.15, 0.2) is 0 Å². The van der Waals surface area contributed by atoms with Crippen molar-refractivity contribution in [2.24, 2.45) is 0 Å². The largest absolute Gasteiger partial charge is 0.459 e. The number of benzene rings is 3. The molecule has 3 heteroatoms. The van der Waals surface area contributed by atoms with Crippen molar-refractivity contribution in [3.05, 3.63) is 90.0 Å². The van der Waals surface area contributed by atoms with E-state index in [0.29, 0.717) is 5.56 Å². The smallest absolute Gasteiger partial charge is 0.338 e. The fourth-order valence-electron chi connectivity index (χ4n) is 4.90. The molecule has 1 unspecified atom stereocenters. The van der Waals surface area contributed by atoms with E-state index in [1.54, 1.807) is 0 Å². The Bertz CT molecular complexity index is 1040. The molecule has 2 nitrogen and oxygen atoms in total. The van der Waals surface area contributed by atoms with Crippen LogP contribution in [0.15, 0.2) is 83.8 Å². The summed E-state index contributed by atoms with van der Waals surface area (Å²) in [6.07, 6.45) is 15.2. The van der Waals surface area contributed by atoms with E-state index in [1.807, 2.05) is 36.0 Å². The molecule has 1 atom stereocenters. The van der Waals surface area contributed by atoms with Gasteiger partial charge in [0, 0.05) is 4.90 Å². The fourth-order valence-corrected chi connectivity index (χ4v) is 5.81. The van der Waals surface area contributed by atoms with E-state index in [9.17, 15) is 4.79 Å². The first-order chi connectivity index (χ1) is 19.2. The number of unbranched alkanes of at least 4 members (excludes halogenated alkanes) is 7. The maximum atomic E-state index is 13.1. The summed E-state index contributed by atoms with van der Waals surface area (Å²) in [6.45, 7) is 4.49. The number of rotatable bonds is 19. The molecule has 0 heterocycles. The first-order valence-electron chi connectivity index (χ1n) is 15.3. The predicted molar refractivity (Wildman–Crippen MR) is 169 cm³/mol. The minimum Gasteiger partial charge on any atom is -0.459 e. The van der Waals surface area contributed by atoms with E-state index in [4.69, 9.17) is 4.74 Å². The average Bonchev–Trinajstić information content (AvgIpc) is 2.98. The Labute approximate surface area is 242 Å². The second-order valence-electron chi connectivity index (χ2n) is 10.6. The van der Waals surface area contributed by atoms with E-state index in [1.165, 1.54) is 73.1 Å². The van der Waals surface area contributed by atoms with Gasteiger partial charge in [-0.15, -0.1) is 11.8 Å². The lowest BCUT2D eigenvalue weighted by Crippen LogP contribution is -2.19. The third-order valence-electron chi connectivity index (χ3n) is 7.31. The monoisotopic (exact) mass is 544 g/mol. The quantitative estimate of drug-likeness (QED) is 0.0853. The van der Waals surface area contributed by atoms with Crippen LogP contribution in [0.4, 0.5) is 0 Å². The third-order valence-corrected chi connectivity index (χ3v) is 8.41. The van der Waals surface area contributed by atoms with Crippen LogP contribution in [0.25, 0.3) is 11.1 Å². The zero-order chi connectivity index (χ0) is 27.5. The van der Waals surface area contributed by atoms with E-state index < -0.39 is 0 Å². The van der Waals surface area contributed by atoms with E-state index in [2.05, 4.69) is 68.4 Å². The first kappa shape index (κ1) is 31.0. The highest BCUT2D eigenvalue weighted by atomic mass is 32.2. The summed E-state index contributed by atoms with van der Waals surface area (Å²) >= 11 is 1.93. The molecule has 0 amide bonds. The Morgan fingerprint density at radius 2 is 1.26 bits per heavy atom. The van der Waals surface area contributed by atoms with Crippen molar-refractivity contribution in [2.75, 3.05) is 5.75 Å². The molecule has 210 valence electrons. The number of aryl methyl sites for hydroxylation is 1. The van der Waals surface area contributed by atoms with Crippen LogP contribution >= 0.6 is 11.8 Å². The molecule has 0 bridgehead atoms. The normalized spacial score (nSPS) is 11.8. The van der Waals surface area contributed by atoms with Crippen LogP contribution in [0.1, 0.15) is 107 Å². The Balaban J connectivity index is 1.52. The summed E-state index contributed by atoms with van der Waals surface area (Å²) in [5.74, 6) is 0.979. The van der Waals surface area contributed by atoms with Gasteiger partial charge in [-0.1, -0.05) is 113 Å². The van der Waals surface area contributed by atoms with Gasteiger partial charge in [0.25, 0.3) is 0 Å². The van der Waals surface area contributed by atoms with Gasteiger partial charge in [0.1, 0.15) is 6.10 Å². The number of ether oxygens (including phenoxy) is 1. The number of carbonyl (C=O) groups excluding carboxylic acids is 1. The van der Waals surface area contributed by atoms with Crippen LogP contribution in [-0.4, -0.2) is 17.8 Å². The number of thioether (sulfide) groups is 1. The van der Waals surface area contributed by atoms with Gasteiger partial charge in [0.2, 0.25) is 0 Å². The van der Waals surface area contributed by atoms with Gasteiger partial charge < -0.3 is 4.74 Å². The van der Waals surface area contributed by atoms with Crippen molar-refractivity contribution in [3.8, 4) is 11.1 Å². The summed E-state index contributed by atoms with van der Waals surface area (Å²) in [6, 6.07) is 27.3. The summed E-state index contributed by atoms with van der Waals surface area (Å²) in [4.78, 5) is 14.4. The van der Waals surface area contributed by atoms with Crippen molar-refractivity contribution in [1.82, 2.24) is 0 Å². The third kappa shape index (κ3) is 12.0. The van der Waals surface area contributed by atoms with Gasteiger partial charge >= 0.3 is 5.97 Å². The van der Waals surface area contributed by atoms with Crippen LogP contribution in [-0.2, 0) is 11.2 Å². The molecule has 0 saturated carbocycles. The second kappa shape index (κ2) is 18.7. The van der Waals surface area contributed by atoms with E-state index >= 15 is 0 Å². The molecule has 0 saturated heterocycles. The zero-order valence-corrected chi connectivity index (χ0v) is 25.0. The Kier molecular flexibility index (Phi) is 14.9. The summed E-state index contributed by atoms with van der Waals surface area (Å²) in [5, 5.41) is 0. The highest BCUT2D eigenvalue weighted by molar-refractivity contribution is 7.99. The van der Waals surface area contributed by atoms with Crippen LogP contribution < -0.4 is 0 Å². The Hall–Kier alpha value is -2.52. The Morgan fingerprint density at radius 1 is 0.667 bits per heavy atom. The molecule has 39 heavy (non-hydrogen) atoms. The predicted octanol–water partition coefficient (Wildman–Crippen LogP) is 10.9. The van der Waals surface area contributed by atoms with Crippen molar-refractivity contribution in [2.45, 2.75) is 108 Å². The molecule has 3 rings (SSSR count). The van der Waals surface area contributed by atoms with Crippen molar-refractivity contribution in [1.29, 1.82) is 0 Å². The van der Waals surface area contributed by atoms with Crippen LogP contribution in [0.3, 0.4) is 0 Å². The van der Waals surface area contributed by atoms with Gasteiger partial charge in [0.05, 0.1) is 5.56 Å². The second-order valence-corrected chi connectivity index (χ2v) is 11.8. The van der Waals surface area contributed by atoms with Crippen molar-refractivity contribution in [3.63, 3.8) is 0 Å². The molecule has 0 aliphatic carbocycles. The number of carbonyl (C=O) groups is 1. The lowest BCUT2D eigenvalue weighted by atomic mass is 10.0. The van der Waals surface area contributed by atoms with Crippen LogP contribution in [0.2, 0.25) is 0 Å². The van der Waals surface area contributed by atoms with Crippen molar-refractivity contribution < 1.29 is 9.53 Å². The van der Waals surface area contributed by atoms with Gasteiger partial charge in [-0.25, -0.2) is 4.79 Å². The molecular formula is C36H48O2S. The molecule has 0 radical (unpaired) electrons. The lowest BCUT2D eigenvalue weighted by molar-refractivity contribution is 0.0251. The highest BCUT2D eigenvalue weighted by Crippen LogP contribution is 2.26. The number of hydrogen-bond donors (Lipinski definition) is 0. The van der Waals surface area contributed by atoms with Crippen LogP contribution in [0.5, 0.6) is 0 Å². The standard InChI is InChI=1S/C36H48O2S/c1-3-5-7-8-9-13-19-34(20-15-18-30-16-11-10-12-17-30)38-36(37)33-23-21-31(22-24-33)32-25-27-35(28-26-32)39-29-14-6-4-2/h10-12,16-17,21-28,34H,3-9,13-15,18-20,29H2,1-2H3. The van der Waals surface area contributed by atoms with Gasteiger partial charge in [-0.3, -0.25) is 0 Å². The topological polar surface area (TPSA) is 26.3 Å². The molecule has 0 aliphatic heterocycles. The molecule has 0 N–H and O–H groups in total. The average molecular weight is 545 g/mol. The molecule has 0 aromatic heterocycles. The lowest BCUT2D eigenvalue weighted by Gasteiger charge is -2.18. The molecule has 3 aromatic carbocycles. The first-order valence-corrected chi connectivity index (χ1v) is 16.3. The summed E-state index contributed by atoms with van der Waals surface area (Å²) < 4.78 is 6.08. The fraction of sp³-hybridized carbons (Fsp3) is 0.472. The molecule has 3 aromatic rings. The van der Waals surface area contributed by atoms with Crippen molar-refractivity contribution >= 4 is 17.7 Å². The minimum absolute atomic E-state index is 0.0190. The highest BCUT2D eigenvalue weighted by Gasteiger charge is 2.16. The summed E-state index contributed by atoms with van der Waals surface area (Å²) in [5.41, 5.74) is 4.29. The van der Waals surface area contributed by atoms with Crippen LogP contribution in [0, 0.1) is 0 Å². The van der Waals surface area contributed by atoms with Gasteiger partial charge in [-0.2, -0.15) is 0 Å². The Morgan fingerprint density at radius 3 is 1.95 bits per heavy atom. The number of hydrogen-bond acceptors (Lipinski definition) is 3. The molecular weight excluding hydrogens is 496 g/mol. The van der Waals surface area contributed by atoms with E-state index in [-0.39, 0.29) is 12.1 Å². The zero-order valence-electron chi connectivity index (χ0n) is 24.2. The van der Waals surface area contributed by atoms with Gasteiger partial charge in [-0.05, 0) is 85.2 Å². The minimum atomic E-state index is -0.198. The molecule has 0 fully saturated rings. The molecule has 0 aliphatic rings. The molecule has 0 spiro atoms. The summed E-state index contributed by atoms with van der Waals surface area (Å²) in [7, 11) is 0. The maximum Gasteiger partial charge on any atom is 0.338 e.